The largest absolute Gasteiger partial charge is 0.332 e. The summed E-state index contributed by atoms with van der Waals surface area (Å²) in [5.74, 6) is 0. The Morgan fingerprint density at radius 3 is 2.67 bits per heavy atom. The van der Waals surface area contributed by atoms with Crippen LogP contribution in [0, 0.1) is 0 Å². The lowest BCUT2D eigenvalue weighted by molar-refractivity contribution is 0.133. The molecule has 0 atom stereocenters. The van der Waals surface area contributed by atoms with E-state index in [0.717, 1.165) is 45.0 Å². The number of aromatic nitrogens is 1. The molecule has 0 aromatic carbocycles. The van der Waals surface area contributed by atoms with Gasteiger partial charge < -0.3 is 15.1 Å². The Morgan fingerprint density at radius 1 is 1.29 bits per heavy atom. The zero-order valence-electron chi connectivity index (χ0n) is 13.0. The molecule has 1 saturated heterocycles. The molecule has 6 heteroatoms. The first-order valence-electron chi connectivity index (χ1n) is 7.45. The lowest BCUT2D eigenvalue weighted by Crippen LogP contribution is -2.52. The second kappa shape index (κ2) is 7.95. The summed E-state index contributed by atoms with van der Waals surface area (Å²) in [6.45, 7) is 6.10. The highest BCUT2D eigenvalue weighted by Crippen LogP contribution is 2.02. The lowest BCUT2D eigenvalue weighted by Gasteiger charge is -2.35. The number of rotatable bonds is 5. The highest BCUT2D eigenvalue weighted by molar-refractivity contribution is 5.74. The van der Waals surface area contributed by atoms with Gasteiger partial charge in [0, 0.05) is 45.5 Å². The molecular weight excluding hydrogens is 266 g/mol. The monoisotopic (exact) mass is 291 g/mol. The van der Waals surface area contributed by atoms with Crippen LogP contribution in [0.25, 0.3) is 0 Å². The van der Waals surface area contributed by atoms with Gasteiger partial charge in [0.15, 0.2) is 0 Å². The molecule has 0 spiro atoms. The van der Waals surface area contributed by atoms with E-state index >= 15 is 0 Å². The van der Waals surface area contributed by atoms with E-state index in [1.807, 2.05) is 23.1 Å². The first-order chi connectivity index (χ1) is 10.1. The molecule has 0 radical (unpaired) electrons. The summed E-state index contributed by atoms with van der Waals surface area (Å²) in [6, 6.07) is 5.73. The minimum atomic E-state index is 0.00733. The minimum absolute atomic E-state index is 0.00733. The third kappa shape index (κ3) is 5.32. The van der Waals surface area contributed by atoms with Crippen molar-refractivity contribution >= 4 is 6.03 Å². The maximum absolute atomic E-state index is 12.1. The molecule has 21 heavy (non-hydrogen) atoms. The van der Waals surface area contributed by atoms with Crippen molar-refractivity contribution in [1.82, 2.24) is 25.0 Å². The number of carbonyl (C=O) groups excluding carboxylic acids is 1. The molecule has 0 saturated carbocycles. The standard InChI is InChI=1S/C15H25N5O/c1-18(2)7-8-19-9-11-20(12-10-19)15(21)17-13-14-5-3-4-6-16-14/h3-6H,7-13H2,1-2H3,(H,17,21). The summed E-state index contributed by atoms with van der Waals surface area (Å²) in [5, 5.41) is 2.93. The van der Waals surface area contributed by atoms with Gasteiger partial charge in [-0.3, -0.25) is 9.88 Å². The van der Waals surface area contributed by atoms with Gasteiger partial charge in [0.05, 0.1) is 12.2 Å². The molecule has 2 amide bonds. The summed E-state index contributed by atoms with van der Waals surface area (Å²) < 4.78 is 0. The Labute approximate surface area is 126 Å². The number of carbonyl (C=O) groups is 1. The Hall–Kier alpha value is -1.66. The quantitative estimate of drug-likeness (QED) is 0.857. The van der Waals surface area contributed by atoms with E-state index in [2.05, 4.69) is 34.2 Å². The van der Waals surface area contributed by atoms with E-state index in [4.69, 9.17) is 0 Å². The zero-order chi connectivity index (χ0) is 15.1. The molecule has 1 aromatic heterocycles. The van der Waals surface area contributed by atoms with Crippen LogP contribution in [-0.2, 0) is 6.54 Å². The second-order valence-corrected chi connectivity index (χ2v) is 5.61. The number of urea groups is 1. The molecule has 116 valence electrons. The Morgan fingerprint density at radius 2 is 2.05 bits per heavy atom. The summed E-state index contributed by atoms with van der Waals surface area (Å²) >= 11 is 0. The van der Waals surface area contributed by atoms with Gasteiger partial charge in [0.25, 0.3) is 0 Å². The van der Waals surface area contributed by atoms with Crippen molar-refractivity contribution in [2.75, 3.05) is 53.4 Å². The Balaban J connectivity index is 1.68. The topological polar surface area (TPSA) is 51.7 Å². The summed E-state index contributed by atoms with van der Waals surface area (Å²) in [6.07, 6.45) is 1.74. The van der Waals surface area contributed by atoms with Crippen molar-refractivity contribution < 1.29 is 4.79 Å². The molecule has 1 aromatic rings. The van der Waals surface area contributed by atoms with Crippen molar-refractivity contribution in [3.63, 3.8) is 0 Å². The SMILES string of the molecule is CN(C)CCN1CCN(C(=O)NCc2ccccn2)CC1. The van der Waals surface area contributed by atoms with Crippen LogP contribution in [0.1, 0.15) is 5.69 Å². The normalized spacial score (nSPS) is 16.2. The number of nitrogens with zero attached hydrogens (tertiary/aromatic N) is 4. The third-order valence-electron chi connectivity index (χ3n) is 3.67. The number of likely N-dealkylation sites (N-methyl/N-ethyl adjacent to an activating group) is 1. The molecule has 0 aliphatic carbocycles. The molecule has 6 nitrogen and oxygen atoms in total. The van der Waals surface area contributed by atoms with Crippen LogP contribution >= 0.6 is 0 Å². The van der Waals surface area contributed by atoms with Crippen molar-refractivity contribution in [1.29, 1.82) is 0 Å². The van der Waals surface area contributed by atoms with E-state index in [1.54, 1.807) is 6.20 Å². The molecule has 2 heterocycles. The van der Waals surface area contributed by atoms with Gasteiger partial charge >= 0.3 is 6.03 Å². The molecule has 2 rings (SSSR count). The number of hydrogen-bond acceptors (Lipinski definition) is 4. The average molecular weight is 291 g/mol. The summed E-state index contributed by atoms with van der Waals surface area (Å²) in [5.41, 5.74) is 0.885. The van der Waals surface area contributed by atoms with Gasteiger partial charge in [-0.25, -0.2) is 4.79 Å². The van der Waals surface area contributed by atoms with Crippen LogP contribution in [0.4, 0.5) is 4.79 Å². The molecule has 0 bridgehead atoms. The van der Waals surface area contributed by atoms with E-state index in [1.165, 1.54) is 0 Å². The van der Waals surface area contributed by atoms with Gasteiger partial charge in [-0.1, -0.05) is 6.07 Å². The van der Waals surface area contributed by atoms with E-state index < -0.39 is 0 Å². The maximum atomic E-state index is 12.1. The molecule has 1 N–H and O–H groups in total. The van der Waals surface area contributed by atoms with Gasteiger partial charge in [0.1, 0.15) is 0 Å². The van der Waals surface area contributed by atoms with Crippen LogP contribution in [0.5, 0.6) is 0 Å². The molecule has 1 fully saturated rings. The third-order valence-corrected chi connectivity index (χ3v) is 3.67. The van der Waals surface area contributed by atoms with Crippen LogP contribution in [-0.4, -0.2) is 79.1 Å². The molecule has 1 aliphatic rings. The van der Waals surface area contributed by atoms with Crippen LogP contribution < -0.4 is 5.32 Å². The number of nitrogens with one attached hydrogen (secondary N) is 1. The zero-order valence-corrected chi connectivity index (χ0v) is 13.0. The smallest absolute Gasteiger partial charge is 0.317 e. The van der Waals surface area contributed by atoms with E-state index in [0.29, 0.717) is 6.54 Å². The first-order valence-corrected chi connectivity index (χ1v) is 7.45. The maximum Gasteiger partial charge on any atom is 0.317 e. The van der Waals surface area contributed by atoms with Crippen molar-refractivity contribution in [3.8, 4) is 0 Å². The first kappa shape index (κ1) is 15.7. The predicted octanol–water partition coefficient (Wildman–Crippen LogP) is 0.470. The summed E-state index contributed by atoms with van der Waals surface area (Å²) in [4.78, 5) is 22.8. The van der Waals surface area contributed by atoms with Crippen molar-refractivity contribution in [3.05, 3.63) is 30.1 Å². The minimum Gasteiger partial charge on any atom is -0.332 e. The fourth-order valence-corrected chi connectivity index (χ4v) is 2.30. The van der Waals surface area contributed by atoms with Crippen LogP contribution in [0.15, 0.2) is 24.4 Å². The van der Waals surface area contributed by atoms with Crippen molar-refractivity contribution in [2.24, 2.45) is 0 Å². The molecule has 1 aliphatic heterocycles. The number of amides is 2. The number of hydrogen-bond donors (Lipinski definition) is 1. The summed E-state index contributed by atoms with van der Waals surface area (Å²) in [7, 11) is 4.17. The van der Waals surface area contributed by atoms with E-state index in [9.17, 15) is 4.79 Å². The van der Waals surface area contributed by atoms with E-state index in [-0.39, 0.29) is 6.03 Å². The fourth-order valence-electron chi connectivity index (χ4n) is 2.30. The predicted molar refractivity (Wildman–Crippen MR) is 83.0 cm³/mol. The molecular formula is C15H25N5O. The van der Waals surface area contributed by atoms with Gasteiger partial charge in [0.2, 0.25) is 0 Å². The van der Waals surface area contributed by atoms with Crippen molar-refractivity contribution in [2.45, 2.75) is 6.54 Å². The van der Waals surface area contributed by atoms with Gasteiger partial charge in [-0.2, -0.15) is 0 Å². The number of pyridine rings is 1. The Bertz CT molecular complexity index is 429. The second-order valence-electron chi connectivity index (χ2n) is 5.61. The molecule has 0 unspecified atom stereocenters. The van der Waals surface area contributed by atoms with Crippen LogP contribution in [0.3, 0.4) is 0 Å². The highest BCUT2D eigenvalue weighted by atomic mass is 16.2. The Kier molecular flexibility index (Phi) is 5.95. The fraction of sp³-hybridized carbons (Fsp3) is 0.600. The number of piperazine rings is 1. The van der Waals surface area contributed by atoms with Gasteiger partial charge in [-0.15, -0.1) is 0 Å². The average Bonchev–Trinajstić information content (AvgIpc) is 2.52. The highest BCUT2D eigenvalue weighted by Gasteiger charge is 2.20. The lowest BCUT2D eigenvalue weighted by atomic mass is 10.3. The van der Waals surface area contributed by atoms with Crippen LogP contribution in [0.2, 0.25) is 0 Å². The van der Waals surface area contributed by atoms with Gasteiger partial charge in [-0.05, 0) is 26.2 Å².